The van der Waals surface area contributed by atoms with Crippen LogP contribution in [-0.4, -0.2) is 12.4 Å². The number of benzene rings is 2. The fraction of sp³-hybridized carbons (Fsp3) is 0.294. The highest BCUT2D eigenvalue weighted by molar-refractivity contribution is 7.98. The topological polar surface area (TPSA) is 0 Å². The third-order valence-electron chi connectivity index (χ3n) is 3.72. The Kier molecular flexibility index (Phi) is 4.38. The summed E-state index contributed by atoms with van der Waals surface area (Å²) in [5.41, 5.74) is 0.373. The van der Waals surface area contributed by atoms with E-state index >= 15 is 0 Å². The summed E-state index contributed by atoms with van der Waals surface area (Å²) in [7, 11) is 0. The fourth-order valence-electron chi connectivity index (χ4n) is 2.05. The summed E-state index contributed by atoms with van der Waals surface area (Å²) in [5.74, 6) is 0. The van der Waals surface area contributed by atoms with Gasteiger partial charge in [-0.15, -0.1) is 11.8 Å². The molecule has 0 N–H and O–H groups in total. The quantitative estimate of drug-likeness (QED) is 0.634. The lowest BCUT2D eigenvalue weighted by atomic mass is 9.83. The van der Waals surface area contributed by atoms with Crippen molar-refractivity contribution in [1.82, 2.24) is 0 Å². The molecule has 0 aliphatic carbocycles. The minimum Gasteiger partial charge on any atom is -0.170 e. The van der Waals surface area contributed by atoms with Crippen LogP contribution < -0.4 is 0 Å². The molecule has 112 valence electrons. The van der Waals surface area contributed by atoms with Crippen LogP contribution >= 0.6 is 11.8 Å². The van der Waals surface area contributed by atoms with Crippen LogP contribution in [0.4, 0.5) is 13.2 Å². The minimum atomic E-state index is -4.26. The van der Waals surface area contributed by atoms with Gasteiger partial charge in [-0.05, 0) is 48.9 Å². The summed E-state index contributed by atoms with van der Waals surface area (Å²) >= 11 is 1.64. The molecule has 0 nitrogen and oxygen atoms in total. The SMILES string of the molecule is CSc1cccc(-c2ccc(C(C)(C)C(F)(F)F)cc2)c1. The Morgan fingerprint density at radius 1 is 0.857 bits per heavy atom. The normalized spacial score (nSPS) is 12.5. The second kappa shape index (κ2) is 5.76. The molecule has 0 heterocycles. The highest BCUT2D eigenvalue weighted by atomic mass is 32.2. The van der Waals surface area contributed by atoms with Gasteiger partial charge in [0.1, 0.15) is 0 Å². The van der Waals surface area contributed by atoms with Crippen molar-refractivity contribution in [2.75, 3.05) is 6.26 Å². The molecule has 0 aliphatic heterocycles. The molecular formula is C17H17F3S. The van der Waals surface area contributed by atoms with Gasteiger partial charge in [-0.1, -0.05) is 36.4 Å². The van der Waals surface area contributed by atoms with E-state index in [1.54, 1.807) is 36.0 Å². The zero-order chi connectivity index (χ0) is 15.7. The van der Waals surface area contributed by atoms with E-state index < -0.39 is 11.6 Å². The highest BCUT2D eigenvalue weighted by Gasteiger charge is 2.48. The summed E-state index contributed by atoms with van der Waals surface area (Å²) in [6.45, 7) is 2.41. The second-order valence-corrected chi connectivity index (χ2v) is 6.31. The third kappa shape index (κ3) is 3.26. The van der Waals surface area contributed by atoms with E-state index in [0.29, 0.717) is 0 Å². The molecule has 0 saturated heterocycles. The maximum Gasteiger partial charge on any atom is 0.397 e. The maximum atomic E-state index is 13.0. The van der Waals surface area contributed by atoms with Gasteiger partial charge in [-0.2, -0.15) is 13.2 Å². The fourth-order valence-corrected chi connectivity index (χ4v) is 2.51. The molecule has 2 rings (SSSR count). The molecule has 0 saturated carbocycles. The first-order valence-corrected chi connectivity index (χ1v) is 7.80. The van der Waals surface area contributed by atoms with Gasteiger partial charge in [-0.3, -0.25) is 0 Å². The molecular weight excluding hydrogens is 293 g/mol. The van der Waals surface area contributed by atoms with Gasteiger partial charge in [-0.25, -0.2) is 0 Å². The van der Waals surface area contributed by atoms with E-state index in [1.807, 2.05) is 30.5 Å². The first-order valence-electron chi connectivity index (χ1n) is 6.57. The Morgan fingerprint density at radius 2 is 1.48 bits per heavy atom. The Bertz CT molecular complexity index is 613. The summed E-state index contributed by atoms with van der Waals surface area (Å²) < 4.78 is 39.1. The molecule has 21 heavy (non-hydrogen) atoms. The second-order valence-electron chi connectivity index (χ2n) is 5.43. The molecule has 0 aromatic heterocycles. The molecule has 4 heteroatoms. The van der Waals surface area contributed by atoms with Crippen LogP contribution in [-0.2, 0) is 5.41 Å². The van der Waals surface area contributed by atoms with Gasteiger partial charge < -0.3 is 0 Å². The molecule has 0 atom stereocenters. The van der Waals surface area contributed by atoms with E-state index in [9.17, 15) is 13.2 Å². The van der Waals surface area contributed by atoms with Gasteiger partial charge in [0.2, 0.25) is 0 Å². The predicted octanol–water partition coefficient (Wildman–Crippen LogP) is 5.92. The predicted molar refractivity (Wildman–Crippen MR) is 82.7 cm³/mol. The lowest BCUT2D eigenvalue weighted by Crippen LogP contribution is -2.36. The third-order valence-corrected chi connectivity index (χ3v) is 4.44. The number of rotatable bonds is 3. The molecule has 0 fully saturated rings. The lowest BCUT2D eigenvalue weighted by Gasteiger charge is -2.28. The molecule has 2 aromatic carbocycles. The first-order chi connectivity index (χ1) is 9.75. The van der Waals surface area contributed by atoms with Crippen LogP contribution in [0.2, 0.25) is 0 Å². The van der Waals surface area contributed by atoms with Gasteiger partial charge in [0, 0.05) is 4.90 Å². The van der Waals surface area contributed by atoms with Crippen LogP contribution in [0.25, 0.3) is 11.1 Å². The Morgan fingerprint density at radius 3 is 2.00 bits per heavy atom. The Balaban J connectivity index is 2.35. The first kappa shape index (κ1) is 16.0. The van der Waals surface area contributed by atoms with E-state index in [0.717, 1.165) is 16.0 Å². The van der Waals surface area contributed by atoms with Crippen molar-refractivity contribution >= 4 is 11.8 Å². The number of hydrogen-bond acceptors (Lipinski definition) is 1. The average Bonchev–Trinajstić information content (AvgIpc) is 2.46. The number of hydrogen-bond donors (Lipinski definition) is 0. The largest absolute Gasteiger partial charge is 0.397 e. The van der Waals surface area contributed by atoms with Crippen LogP contribution in [0.1, 0.15) is 19.4 Å². The van der Waals surface area contributed by atoms with Crippen molar-refractivity contribution in [2.45, 2.75) is 30.3 Å². The van der Waals surface area contributed by atoms with Crippen molar-refractivity contribution in [3.05, 3.63) is 54.1 Å². The zero-order valence-electron chi connectivity index (χ0n) is 12.2. The van der Waals surface area contributed by atoms with Crippen LogP contribution in [0, 0.1) is 0 Å². The minimum absolute atomic E-state index is 0.278. The Labute approximate surface area is 127 Å². The monoisotopic (exact) mass is 310 g/mol. The zero-order valence-corrected chi connectivity index (χ0v) is 13.0. The van der Waals surface area contributed by atoms with Gasteiger partial charge in [0.15, 0.2) is 0 Å². The van der Waals surface area contributed by atoms with Crippen LogP contribution in [0.5, 0.6) is 0 Å². The maximum absolute atomic E-state index is 13.0. The van der Waals surface area contributed by atoms with E-state index in [1.165, 1.54) is 13.8 Å². The van der Waals surface area contributed by atoms with Crippen molar-refractivity contribution in [3.8, 4) is 11.1 Å². The summed E-state index contributed by atoms with van der Waals surface area (Å²) in [6.07, 6.45) is -2.26. The number of alkyl halides is 3. The molecule has 0 spiro atoms. The number of thioether (sulfide) groups is 1. The molecule has 0 unspecified atom stereocenters. The van der Waals surface area contributed by atoms with Gasteiger partial charge in [0.25, 0.3) is 0 Å². The summed E-state index contributed by atoms with van der Waals surface area (Å²) in [6, 6.07) is 14.6. The summed E-state index contributed by atoms with van der Waals surface area (Å²) in [4.78, 5) is 1.13. The molecule has 2 aromatic rings. The average molecular weight is 310 g/mol. The summed E-state index contributed by atoms with van der Waals surface area (Å²) in [5, 5.41) is 0. The highest BCUT2D eigenvalue weighted by Crippen LogP contribution is 2.40. The smallest absolute Gasteiger partial charge is 0.170 e. The van der Waals surface area contributed by atoms with Crippen molar-refractivity contribution in [2.24, 2.45) is 0 Å². The van der Waals surface area contributed by atoms with E-state index in [2.05, 4.69) is 0 Å². The van der Waals surface area contributed by atoms with E-state index in [4.69, 9.17) is 0 Å². The molecule has 0 bridgehead atoms. The van der Waals surface area contributed by atoms with Crippen LogP contribution in [0.3, 0.4) is 0 Å². The van der Waals surface area contributed by atoms with E-state index in [-0.39, 0.29) is 5.56 Å². The van der Waals surface area contributed by atoms with Crippen molar-refractivity contribution in [3.63, 3.8) is 0 Å². The van der Waals surface area contributed by atoms with Gasteiger partial charge >= 0.3 is 6.18 Å². The van der Waals surface area contributed by atoms with Crippen LogP contribution in [0.15, 0.2) is 53.4 Å². The Hall–Kier alpha value is -1.42. The molecule has 0 aliphatic rings. The van der Waals surface area contributed by atoms with Gasteiger partial charge in [0.05, 0.1) is 5.41 Å². The van der Waals surface area contributed by atoms with Crippen molar-refractivity contribution < 1.29 is 13.2 Å². The molecule has 0 radical (unpaired) electrons. The number of halogens is 3. The lowest BCUT2D eigenvalue weighted by molar-refractivity contribution is -0.180. The van der Waals surface area contributed by atoms with Crippen molar-refractivity contribution in [1.29, 1.82) is 0 Å². The standard InChI is InChI=1S/C17H17F3S/c1-16(2,17(18,19)20)14-9-7-12(8-10-14)13-5-4-6-15(11-13)21-3/h4-11H,1-3H3. The molecule has 0 amide bonds.